The number of aromatic nitrogens is 4. The van der Waals surface area contributed by atoms with E-state index in [9.17, 15) is 4.79 Å². The number of nitrogens with one attached hydrogen (secondary N) is 2. The van der Waals surface area contributed by atoms with Crippen molar-refractivity contribution in [3.8, 4) is 6.07 Å². The number of anilines is 3. The molecule has 3 heterocycles. The van der Waals surface area contributed by atoms with E-state index in [0.717, 1.165) is 36.2 Å². The number of amides is 1. The summed E-state index contributed by atoms with van der Waals surface area (Å²) in [6.45, 7) is 6.90. The molecule has 9 nitrogen and oxygen atoms in total. The van der Waals surface area contributed by atoms with Crippen molar-refractivity contribution in [3.05, 3.63) is 54.6 Å². The van der Waals surface area contributed by atoms with Crippen molar-refractivity contribution in [2.45, 2.75) is 19.4 Å². The fourth-order valence-electron chi connectivity index (χ4n) is 3.45. The highest BCUT2D eigenvalue weighted by Crippen LogP contribution is 2.29. The van der Waals surface area contributed by atoms with Crippen LogP contribution in [-0.2, 0) is 4.79 Å². The standard InChI is InChI=1S/C21H20N8O/c1-3-19(30)27-15-4-5-17-18(8-15)25-13(2)26-20(17)29-7-6-16(12-29)28-21-23-10-14(9-22)11-24-21/h3-5,8,10-11,16H,1,6-7,12H2,2H3,(H,27,30)(H,23,24,28). The van der Waals surface area contributed by atoms with E-state index in [-0.39, 0.29) is 11.9 Å². The average molecular weight is 400 g/mol. The monoisotopic (exact) mass is 400 g/mol. The summed E-state index contributed by atoms with van der Waals surface area (Å²) in [5.41, 5.74) is 1.86. The van der Waals surface area contributed by atoms with Gasteiger partial charge in [0.2, 0.25) is 11.9 Å². The molecule has 1 amide bonds. The zero-order valence-corrected chi connectivity index (χ0v) is 16.5. The number of fused-ring (bicyclic) bond motifs is 1. The molecule has 0 radical (unpaired) electrons. The molecule has 2 aromatic heterocycles. The van der Waals surface area contributed by atoms with Gasteiger partial charge in [0, 0.05) is 30.2 Å². The Bertz CT molecular complexity index is 1150. The average Bonchev–Trinajstić information content (AvgIpc) is 3.21. The number of hydrogen-bond acceptors (Lipinski definition) is 8. The molecule has 0 spiro atoms. The fourth-order valence-corrected chi connectivity index (χ4v) is 3.45. The molecule has 1 unspecified atom stereocenters. The maximum absolute atomic E-state index is 11.6. The summed E-state index contributed by atoms with van der Waals surface area (Å²) in [7, 11) is 0. The van der Waals surface area contributed by atoms with E-state index in [0.29, 0.717) is 23.0 Å². The van der Waals surface area contributed by atoms with Crippen molar-refractivity contribution in [1.29, 1.82) is 5.26 Å². The normalized spacial score (nSPS) is 15.6. The van der Waals surface area contributed by atoms with E-state index in [1.807, 2.05) is 31.2 Å². The number of nitrogens with zero attached hydrogens (tertiary/aromatic N) is 6. The summed E-state index contributed by atoms with van der Waals surface area (Å²) in [6.07, 6.45) is 5.15. The SMILES string of the molecule is C=CC(=O)Nc1ccc2c(N3CCC(Nc4ncc(C#N)cn4)C3)nc(C)nc2c1. The lowest BCUT2D eigenvalue weighted by molar-refractivity contribution is -0.111. The minimum absolute atomic E-state index is 0.161. The Kier molecular flexibility index (Phi) is 5.22. The van der Waals surface area contributed by atoms with Gasteiger partial charge in [-0.3, -0.25) is 4.79 Å². The lowest BCUT2D eigenvalue weighted by Gasteiger charge is -2.20. The molecule has 1 saturated heterocycles. The zero-order valence-electron chi connectivity index (χ0n) is 16.5. The van der Waals surface area contributed by atoms with E-state index >= 15 is 0 Å². The third-order valence-corrected chi connectivity index (χ3v) is 4.84. The molecule has 9 heteroatoms. The van der Waals surface area contributed by atoms with Gasteiger partial charge in [0.25, 0.3) is 0 Å². The molecular formula is C21H20N8O. The second-order valence-electron chi connectivity index (χ2n) is 7.00. The molecule has 0 bridgehead atoms. The molecule has 150 valence electrons. The van der Waals surface area contributed by atoms with Crippen LogP contribution in [0.1, 0.15) is 17.8 Å². The predicted molar refractivity (Wildman–Crippen MR) is 114 cm³/mol. The molecule has 2 N–H and O–H groups in total. The topological polar surface area (TPSA) is 120 Å². The third-order valence-electron chi connectivity index (χ3n) is 4.84. The lowest BCUT2D eigenvalue weighted by atomic mass is 10.2. The van der Waals surface area contributed by atoms with Gasteiger partial charge in [-0.25, -0.2) is 19.9 Å². The lowest BCUT2D eigenvalue weighted by Crippen LogP contribution is -2.27. The van der Waals surface area contributed by atoms with Gasteiger partial charge in [-0.15, -0.1) is 0 Å². The molecule has 30 heavy (non-hydrogen) atoms. The maximum Gasteiger partial charge on any atom is 0.247 e. The first-order valence-corrected chi connectivity index (χ1v) is 9.51. The number of nitriles is 1. The van der Waals surface area contributed by atoms with Gasteiger partial charge >= 0.3 is 0 Å². The summed E-state index contributed by atoms with van der Waals surface area (Å²) in [6, 6.07) is 7.77. The minimum atomic E-state index is -0.265. The van der Waals surface area contributed by atoms with Crippen molar-refractivity contribution in [2.75, 3.05) is 28.6 Å². The van der Waals surface area contributed by atoms with Crippen molar-refractivity contribution in [2.24, 2.45) is 0 Å². The summed E-state index contributed by atoms with van der Waals surface area (Å²) < 4.78 is 0. The quantitative estimate of drug-likeness (QED) is 0.627. The van der Waals surface area contributed by atoms with Gasteiger partial charge in [0.05, 0.1) is 23.5 Å². The Hall–Kier alpha value is -4.06. The van der Waals surface area contributed by atoms with E-state index in [1.165, 1.54) is 18.5 Å². The Morgan fingerprint density at radius 1 is 1.33 bits per heavy atom. The first-order chi connectivity index (χ1) is 14.6. The number of rotatable bonds is 5. The number of aryl methyl sites for hydroxylation is 1. The van der Waals surface area contributed by atoms with Crippen molar-refractivity contribution < 1.29 is 4.79 Å². The molecule has 1 aromatic carbocycles. The summed E-state index contributed by atoms with van der Waals surface area (Å²) >= 11 is 0. The summed E-state index contributed by atoms with van der Waals surface area (Å²) in [5, 5.41) is 15.9. The van der Waals surface area contributed by atoms with Crippen LogP contribution >= 0.6 is 0 Å². The molecule has 1 aliphatic rings. The zero-order chi connectivity index (χ0) is 21.1. The van der Waals surface area contributed by atoms with Crippen LogP contribution in [0.5, 0.6) is 0 Å². The van der Waals surface area contributed by atoms with Crippen LogP contribution in [0.4, 0.5) is 17.5 Å². The Balaban J connectivity index is 1.54. The van der Waals surface area contributed by atoms with Gasteiger partial charge < -0.3 is 15.5 Å². The number of carbonyl (C=O) groups excluding carboxylic acids is 1. The van der Waals surface area contributed by atoms with E-state index in [1.54, 1.807) is 0 Å². The summed E-state index contributed by atoms with van der Waals surface area (Å²) in [5.74, 6) is 1.77. The van der Waals surface area contributed by atoms with Gasteiger partial charge in [-0.2, -0.15) is 5.26 Å². The second kappa shape index (κ2) is 8.13. The van der Waals surface area contributed by atoms with E-state index in [2.05, 4.69) is 42.0 Å². The van der Waals surface area contributed by atoms with Crippen LogP contribution in [0.2, 0.25) is 0 Å². The van der Waals surface area contributed by atoms with Crippen LogP contribution < -0.4 is 15.5 Å². The molecule has 1 aliphatic heterocycles. The Morgan fingerprint density at radius 3 is 2.87 bits per heavy atom. The minimum Gasteiger partial charge on any atom is -0.354 e. The van der Waals surface area contributed by atoms with Crippen LogP contribution in [0, 0.1) is 18.3 Å². The number of carbonyl (C=O) groups is 1. The van der Waals surface area contributed by atoms with Crippen molar-refractivity contribution in [3.63, 3.8) is 0 Å². The molecule has 3 aromatic rings. The molecule has 4 rings (SSSR count). The van der Waals surface area contributed by atoms with Gasteiger partial charge in [0.15, 0.2) is 0 Å². The van der Waals surface area contributed by atoms with Gasteiger partial charge in [0.1, 0.15) is 17.7 Å². The molecule has 1 fully saturated rings. The first kappa shape index (κ1) is 19.3. The second-order valence-corrected chi connectivity index (χ2v) is 7.00. The van der Waals surface area contributed by atoms with Gasteiger partial charge in [-0.05, 0) is 37.6 Å². The van der Waals surface area contributed by atoms with Crippen LogP contribution in [0.3, 0.4) is 0 Å². The van der Waals surface area contributed by atoms with Crippen molar-refractivity contribution in [1.82, 2.24) is 19.9 Å². The third kappa shape index (κ3) is 4.03. The molecule has 0 saturated carbocycles. The first-order valence-electron chi connectivity index (χ1n) is 9.51. The molecular weight excluding hydrogens is 380 g/mol. The highest BCUT2D eigenvalue weighted by atomic mass is 16.1. The van der Waals surface area contributed by atoms with Crippen LogP contribution in [0.25, 0.3) is 10.9 Å². The number of benzene rings is 1. The van der Waals surface area contributed by atoms with E-state index in [4.69, 9.17) is 5.26 Å². The highest BCUT2D eigenvalue weighted by molar-refractivity contribution is 6.01. The molecule has 1 atom stereocenters. The predicted octanol–water partition coefficient (Wildman–Crippen LogP) is 2.42. The fraction of sp³-hybridized carbons (Fsp3) is 0.238. The largest absolute Gasteiger partial charge is 0.354 e. The van der Waals surface area contributed by atoms with Crippen molar-refractivity contribution >= 4 is 34.3 Å². The smallest absolute Gasteiger partial charge is 0.247 e. The van der Waals surface area contributed by atoms with Crippen LogP contribution in [0.15, 0.2) is 43.2 Å². The highest BCUT2D eigenvalue weighted by Gasteiger charge is 2.26. The molecule has 0 aliphatic carbocycles. The Morgan fingerprint density at radius 2 is 2.13 bits per heavy atom. The van der Waals surface area contributed by atoms with Gasteiger partial charge in [-0.1, -0.05) is 6.58 Å². The summed E-state index contributed by atoms with van der Waals surface area (Å²) in [4.78, 5) is 31.4. The maximum atomic E-state index is 11.6. The van der Waals surface area contributed by atoms with Crippen LogP contribution in [-0.4, -0.2) is 45.0 Å². The Labute approximate surface area is 173 Å². The van der Waals surface area contributed by atoms with E-state index < -0.39 is 0 Å². The number of hydrogen-bond donors (Lipinski definition) is 2.